The first-order valence-corrected chi connectivity index (χ1v) is 19.7. The van der Waals surface area contributed by atoms with Crippen LogP contribution < -0.4 is 9.47 Å². The Morgan fingerprint density at radius 2 is 1.42 bits per heavy atom. The predicted octanol–water partition coefficient (Wildman–Crippen LogP) is 13.1. The largest absolute Gasteiger partial charge is 0.497 e. The van der Waals surface area contributed by atoms with Crippen molar-refractivity contribution in [3.8, 4) is 39.9 Å². The molecule has 0 N–H and O–H groups in total. The van der Waals surface area contributed by atoms with Gasteiger partial charge in [-0.3, -0.25) is 4.57 Å². The standard InChI is InChI=1S/C49H56N4O2/c1-13-16-42-45(33-23-31(4)46(32(5)24-33)49(9,10)11)47(30(2)3)51-53(42)35-26-37(54-12)28-38(27-35)55-36-19-20-40-39-17-14-15-18-41(39)52(43(40)29-36)44-25-34(21-22-50-44)48(6,7)8/h14-15,17-30H,13,16H2,1-12H3. The zero-order valence-corrected chi connectivity index (χ0v) is 34.8. The van der Waals surface area contributed by atoms with E-state index in [1.54, 1.807) is 7.11 Å². The molecule has 0 atom stereocenters. The van der Waals surface area contributed by atoms with Crippen LogP contribution in [-0.2, 0) is 17.3 Å². The molecule has 0 amide bonds. The Morgan fingerprint density at radius 3 is 2.07 bits per heavy atom. The van der Waals surface area contributed by atoms with Crippen molar-refractivity contribution in [2.45, 2.75) is 106 Å². The van der Waals surface area contributed by atoms with E-state index in [4.69, 9.17) is 19.6 Å². The molecule has 0 aliphatic heterocycles. The summed E-state index contributed by atoms with van der Waals surface area (Å²) in [5, 5.41) is 7.68. The zero-order chi connectivity index (χ0) is 39.4. The van der Waals surface area contributed by atoms with Gasteiger partial charge in [0.15, 0.2) is 0 Å². The molecule has 6 heteroatoms. The lowest BCUT2D eigenvalue weighted by Crippen LogP contribution is -2.15. The minimum atomic E-state index is -0.00810. The maximum absolute atomic E-state index is 6.75. The van der Waals surface area contributed by atoms with E-state index in [0.717, 1.165) is 52.2 Å². The normalized spacial score (nSPS) is 12.3. The molecule has 6 nitrogen and oxygen atoms in total. The first kappa shape index (κ1) is 37.9. The van der Waals surface area contributed by atoms with Crippen LogP contribution >= 0.6 is 0 Å². The fourth-order valence-electron chi connectivity index (χ4n) is 8.42. The van der Waals surface area contributed by atoms with E-state index < -0.39 is 0 Å². The lowest BCUT2D eigenvalue weighted by Gasteiger charge is -2.25. The minimum absolute atomic E-state index is 0.00810. The highest BCUT2D eigenvalue weighted by molar-refractivity contribution is 6.09. The summed E-state index contributed by atoms with van der Waals surface area (Å²) in [6, 6.07) is 30.0. The van der Waals surface area contributed by atoms with Crippen molar-refractivity contribution < 1.29 is 9.47 Å². The molecule has 0 bridgehead atoms. The molecule has 0 unspecified atom stereocenters. The second kappa shape index (κ2) is 14.4. The Hall–Kier alpha value is -5.36. The van der Waals surface area contributed by atoms with Crippen LogP contribution in [0.15, 0.2) is 91.1 Å². The molecule has 0 saturated carbocycles. The van der Waals surface area contributed by atoms with E-state index in [-0.39, 0.29) is 16.7 Å². The van der Waals surface area contributed by atoms with E-state index >= 15 is 0 Å². The maximum Gasteiger partial charge on any atom is 0.137 e. The molecule has 3 aromatic heterocycles. The number of hydrogen-bond donors (Lipinski definition) is 0. The van der Waals surface area contributed by atoms with Gasteiger partial charge in [0, 0.05) is 46.8 Å². The minimum Gasteiger partial charge on any atom is -0.497 e. The average Bonchev–Trinajstić information content (AvgIpc) is 3.66. The van der Waals surface area contributed by atoms with Crippen LogP contribution in [-0.4, -0.2) is 26.4 Å². The van der Waals surface area contributed by atoms with Crippen molar-refractivity contribution in [3.05, 3.63) is 125 Å². The van der Waals surface area contributed by atoms with Crippen LogP contribution in [0.25, 0.3) is 44.4 Å². The molecule has 55 heavy (non-hydrogen) atoms. The lowest BCUT2D eigenvalue weighted by atomic mass is 9.79. The molecule has 0 fully saturated rings. The number of hydrogen-bond acceptors (Lipinski definition) is 4. The van der Waals surface area contributed by atoms with Crippen LogP contribution in [0.3, 0.4) is 0 Å². The van der Waals surface area contributed by atoms with E-state index in [9.17, 15) is 0 Å². The Bertz CT molecular complexity index is 2510. The Morgan fingerprint density at radius 1 is 0.727 bits per heavy atom. The van der Waals surface area contributed by atoms with Gasteiger partial charge in [0.05, 0.1) is 35.2 Å². The van der Waals surface area contributed by atoms with Crippen molar-refractivity contribution in [1.29, 1.82) is 0 Å². The number of fused-ring (bicyclic) bond motifs is 3. The van der Waals surface area contributed by atoms with Gasteiger partial charge in [0.1, 0.15) is 23.1 Å². The summed E-state index contributed by atoms with van der Waals surface area (Å²) in [6.07, 6.45) is 3.78. The number of ether oxygens (including phenoxy) is 2. The van der Waals surface area contributed by atoms with Gasteiger partial charge in [-0.1, -0.05) is 99.1 Å². The molecule has 284 valence electrons. The number of rotatable bonds is 9. The van der Waals surface area contributed by atoms with Gasteiger partial charge < -0.3 is 9.47 Å². The highest BCUT2D eigenvalue weighted by atomic mass is 16.5. The topological polar surface area (TPSA) is 54.1 Å². The van der Waals surface area contributed by atoms with Crippen molar-refractivity contribution in [1.82, 2.24) is 19.3 Å². The third kappa shape index (κ3) is 7.15. The number of aromatic nitrogens is 4. The van der Waals surface area contributed by atoms with E-state index in [2.05, 4.69) is 164 Å². The van der Waals surface area contributed by atoms with Crippen molar-refractivity contribution >= 4 is 21.8 Å². The summed E-state index contributed by atoms with van der Waals surface area (Å²) in [5.41, 5.74) is 13.1. The highest BCUT2D eigenvalue weighted by Crippen LogP contribution is 2.41. The molecule has 7 aromatic rings. The molecule has 3 heterocycles. The smallest absolute Gasteiger partial charge is 0.137 e. The van der Waals surface area contributed by atoms with Crippen LogP contribution in [0.5, 0.6) is 17.2 Å². The van der Waals surface area contributed by atoms with Gasteiger partial charge in [-0.25, -0.2) is 9.67 Å². The average molecular weight is 733 g/mol. The maximum atomic E-state index is 6.75. The summed E-state index contributed by atoms with van der Waals surface area (Å²) < 4.78 is 17.0. The van der Waals surface area contributed by atoms with E-state index in [1.807, 2.05) is 12.3 Å². The zero-order valence-electron chi connectivity index (χ0n) is 34.8. The predicted molar refractivity (Wildman–Crippen MR) is 229 cm³/mol. The SMILES string of the molecule is CCCc1c(-c2cc(C)c(C(C)(C)C)c(C)c2)c(C(C)C)nn1-c1cc(OC)cc(Oc2ccc3c4ccccc4n(-c4cc(C(C)(C)C)ccn4)c3c2)c1. The van der Waals surface area contributed by atoms with Crippen LogP contribution in [0.2, 0.25) is 0 Å². The number of aryl methyl sites for hydroxylation is 2. The number of para-hydroxylation sites is 1. The molecule has 7 rings (SSSR count). The monoisotopic (exact) mass is 732 g/mol. The molecule has 4 aromatic carbocycles. The van der Waals surface area contributed by atoms with Gasteiger partial charge in [-0.05, 0) is 95.2 Å². The number of nitrogens with zero attached hydrogens (tertiary/aromatic N) is 4. The summed E-state index contributed by atoms with van der Waals surface area (Å²) >= 11 is 0. The van der Waals surface area contributed by atoms with Gasteiger partial charge in [-0.15, -0.1) is 0 Å². The number of benzene rings is 4. The molecule has 0 saturated heterocycles. The second-order valence-electron chi connectivity index (χ2n) is 17.4. The quantitative estimate of drug-likeness (QED) is 0.148. The van der Waals surface area contributed by atoms with Gasteiger partial charge in [0.25, 0.3) is 0 Å². The summed E-state index contributed by atoms with van der Waals surface area (Å²) in [6.45, 7) is 24.8. The fraction of sp³-hybridized carbons (Fsp3) is 0.347. The third-order valence-electron chi connectivity index (χ3n) is 10.7. The van der Waals surface area contributed by atoms with Gasteiger partial charge >= 0.3 is 0 Å². The summed E-state index contributed by atoms with van der Waals surface area (Å²) in [7, 11) is 1.70. The fourth-order valence-corrected chi connectivity index (χ4v) is 8.42. The molecule has 0 aliphatic carbocycles. The molecular formula is C49H56N4O2. The summed E-state index contributed by atoms with van der Waals surface area (Å²) in [4.78, 5) is 4.86. The van der Waals surface area contributed by atoms with E-state index in [0.29, 0.717) is 11.5 Å². The van der Waals surface area contributed by atoms with Crippen LogP contribution in [0.1, 0.15) is 108 Å². The molecule has 0 radical (unpaired) electrons. The first-order chi connectivity index (χ1) is 26.1. The molecular weight excluding hydrogens is 677 g/mol. The van der Waals surface area contributed by atoms with Gasteiger partial charge in [0.2, 0.25) is 0 Å². The highest BCUT2D eigenvalue weighted by Gasteiger charge is 2.26. The molecule has 0 aliphatic rings. The Kier molecular flexibility index (Phi) is 9.91. The second-order valence-corrected chi connectivity index (χ2v) is 17.4. The Labute approximate surface area is 327 Å². The molecule has 0 spiro atoms. The Balaban J connectivity index is 1.35. The first-order valence-electron chi connectivity index (χ1n) is 19.7. The van der Waals surface area contributed by atoms with Crippen molar-refractivity contribution in [2.24, 2.45) is 0 Å². The van der Waals surface area contributed by atoms with Crippen molar-refractivity contribution in [3.63, 3.8) is 0 Å². The lowest BCUT2D eigenvalue weighted by molar-refractivity contribution is 0.408. The number of methoxy groups -OCH3 is 1. The number of pyridine rings is 1. The third-order valence-corrected chi connectivity index (χ3v) is 10.7. The van der Waals surface area contributed by atoms with Gasteiger partial charge in [-0.2, -0.15) is 5.10 Å². The van der Waals surface area contributed by atoms with Crippen molar-refractivity contribution in [2.75, 3.05) is 7.11 Å². The van der Waals surface area contributed by atoms with Crippen LogP contribution in [0.4, 0.5) is 0 Å². The van der Waals surface area contributed by atoms with E-state index in [1.165, 1.54) is 44.5 Å². The summed E-state index contributed by atoms with van der Waals surface area (Å²) in [5.74, 6) is 3.23. The van der Waals surface area contributed by atoms with Crippen LogP contribution in [0, 0.1) is 13.8 Å².